The van der Waals surface area contributed by atoms with Crippen LogP contribution in [0.1, 0.15) is 73.9 Å². The van der Waals surface area contributed by atoms with Gasteiger partial charge in [0.25, 0.3) is 5.56 Å². The third-order valence-electron chi connectivity index (χ3n) is 6.10. The van der Waals surface area contributed by atoms with E-state index in [4.69, 9.17) is 9.40 Å². The molecule has 28 heavy (non-hydrogen) atoms. The molecular weight excluding hydrogens is 368 g/mol. The summed E-state index contributed by atoms with van der Waals surface area (Å²) < 4.78 is 34.3. The Balaban J connectivity index is 1.49. The first-order chi connectivity index (χ1) is 13.4. The summed E-state index contributed by atoms with van der Waals surface area (Å²) in [6, 6.07) is -0.161. The first-order valence-corrected chi connectivity index (χ1v) is 9.69. The van der Waals surface area contributed by atoms with Crippen molar-refractivity contribution in [1.82, 2.24) is 24.7 Å². The minimum Gasteiger partial charge on any atom is -0.446 e. The molecule has 2 atom stereocenters. The summed E-state index contributed by atoms with van der Waals surface area (Å²) in [5.41, 5.74) is 0.227. The highest BCUT2D eigenvalue weighted by atomic mass is 19.3. The van der Waals surface area contributed by atoms with E-state index >= 15 is 0 Å². The number of hydrogen-bond donors (Lipinski definition) is 1. The van der Waals surface area contributed by atoms with Gasteiger partial charge in [0.15, 0.2) is 11.5 Å². The summed E-state index contributed by atoms with van der Waals surface area (Å²) in [4.78, 5) is 24.5. The second kappa shape index (κ2) is 6.22. The number of rotatable bonds is 3. The first-order valence-electron chi connectivity index (χ1n) is 9.69. The highest BCUT2D eigenvalue weighted by Crippen LogP contribution is 2.47. The molecule has 2 aliphatic carbocycles. The SMILES string of the molecule is Cc1cnc([C@@H]2CC[C@H]2c2nc3c(cnn3C3CCC(F)(F)CC3)c(=O)[nH]2)o1. The summed E-state index contributed by atoms with van der Waals surface area (Å²) in [6.07, 6.45) is 5.30. The minimum atomic E-state index is -2.61. The Morgan fingerprint density at radius 2 is 1.93 bits per heavy atom. The van der Waals surface area contributed by atoms with Gasteiger partial charge in [-0.15, -0.1) is 0 Å². The molecule has 0 aliphatic heterocycles. The molecule has 7 nitrogen and oxygen atoms in total. The Morgan fingerprint density at radius 3 is 2.57 bits per heavy atom. The van der Waals surface area contributed by atoms with Crippen LogP contribution in [-0.2, 0) is 0 Å². The van der Waals surface area contributed by atoms with Crippen LogP contribution in [0.15, 0.2) is 21.6 Å². The summed E-state index contributed by atoms with van der Waals surface area (Å²) in [5.74, 6) is -0.493. The van der Waals surface area contributed by atoms with Crippen LogP contribution in [0.5, 0.6) is 0 Å². The van der Waals surface area contributed by atoms with Crippen molar-refractivity contribution < 1.29 is 13.2 Å². The van der Waals surface area contributed by atoms with Crippen molar-refractivity contribution >= 4 is 11.0 Å². The number of H-pyrrole nitrogens is 1. The Morgan fingerprint density at radius 1 is 1.18 bits per heavy atom. The highest BCUT2D eigenvalue weighted by Gasteiger charge is 2.39. The van der Waals surface area contributed by atoms with Gasteiger partial charge in [-0.3, -0.25) is 4.79 Å². The molecule has 0 saturated heterocycles. The van der Waals surface area contributed by atoms with Crippen LogP contribution in [0.2, 0.25) is 0 Å². The van der Waals surface area contributed by atoms with E-state index in [2.05, 4.69) is 15.1 Å². The lowest BCUT2D eigenvalue weighted by molar-refractivity contribution is -0.0446. The minimum absolute atomic E-state index is 0.0224. The number of hydrogen-bond acceptors (Lipinski definition) is 5. The van der Waals surface area contributed by atoms with E-state index in [-0.39, 0.29) is 36.3 Å². The van der Waals surface area contributed by atoms with E-state index in [1.807, 2.05) is 6.92 Å². The fourth-order valence-corrected chi connectivity index (χ4v) is 4.33. The van der Waals surface area contributed by atoms with Crippen molar-refractivity contribution in [2.24, 2.45) is 0 Å². The molecular formula is C19H21F2N5O2. The number of oxazole rings is 1. The molecule has 5 rings (SSSR count). The zero-order valence-corrected chi connectivity index (χ0v) is 15.5. The molecule has 3 aromatic rings. The molecule has 3 heterocycles. The van der Waals surface area contributed by atoms with Gasteiger partial charge in [-0.25, -0.2) is 23.4 Å². The van der Waals surface area contributed by atoms with E-state index in [1.165, 1.54) is 6.20 Å². The summed E-state index contributed by atoms with van der Waals surface area (Å²) >= 11 is 0. The highest BCUT2D eigenvalue weighted by molar-refractivity contribution is 5.73. The topological polar surface area (TPSA) is 89.6 Å². The van der Waals surface area contributed by atoms with Crippen LogP contribution < -0.4 is 5.56 Å². The Hall–Kier alpha value is -2.58. The maximum Gasteiger partial charge on any atom is 0.262 e. The molecule has 2 saturated carbocycles. The van der Waals surface area contributed by atoms with Gasteiger partial charge >= 0.3 is 0 Å². The molecule has 0 aromatic carbocycles. The number of nitrogens with zero attached hydrogens (tertiary/aromatic N) is 4. The monoisotopic (exact) mass is 389 g/mol. The van der Waals surface area contributed by atoms with Gasteiger partial charge in [0.2, 0.25) is 5.92 Å². The normalized spacial score (nSPS) is 25.1. The van der Waals surface area contributed by atoms with Gasteiger partial charge in [-0.05, 0) is 32.6 Å². The molecule has 0 bridgehead atoms. The number of aromatic nitrogens is 5. The Labute approximate surface area is 159 Å². The third kappa shape index (κ3) is 2.84. The average molecular weight is 389 g/mol. The molecule has 0 spiro atoms. The van der Waals surface area contributed by atoms with Crippen LogP contribution in [0.4, 0.5) is 8.78 Å². The third-order valence-corrected chi connectivity index (χ3v) is 6.10. The van der Waals surface area contributed by atoms with Crippen LogP contribution in [0.3, 0.4) is 0 Å². The Kier molecular flexibility index (Phi) is 3.89. The molecule has 9 heteroatoms. The van der Waals surface area contributed by atoms with Crippen LogP contribution in [0.25, 0.3) is 11.0 Å². The average Bonchev–Trinajstić information content (AvgIpc) is 3.21. The van der Waals surface area contributed by atoms with Crippen LogP contribution in [-0.4, -0.2) is 30.7 Å². The smallest absolute Gasteiger partial charge is 0.262 e. The van der Waals surface area contributed by atoms with Gasteiger partial charge in [0.1, 0.15) is 17.0 Å². The number of fused-ring (bicyclic) bond motifs is 1. The second-order valence-electron chi connectivity index (χ2n) is 7.96. The van der Waals surface area contributed by atoms with Gasteiger partial charge in [0, 0.05) is 24.7 Å². The Bertz CT molecular complexity index is 1080. The molecule has 2 aliphatic rings. The fraction of sp³-hybridized carbons (Fsp3) is 0.579. The lowest BCUT2D eigenvalue weighted by atomic mass is 9.73. The standard InChI is InChI=1S/C19H21F2N5O2/c1-10-8-22-18(28-10)13-3-2-12(13)15-24-16-14(17(27)25-15)9-23-26(16)11-4-6-19(20,21)7-5-11/h8-9,11-13H,2-7H2,1H3,(H,24,25,27)/t12-,13-/m1/s1. The lowest BCUT2D eigenvalue weighted by Crippen LogP contribution is -2.28. The molecule has 2 fully saturated rings. The summed E-state index contributed by atoms with van der Waals surface area (Å²) in [6.45, 7) is 1.85. The number of nitrogens with one attached hydrogen (secondary N) is 1. The summed E-state index contributed by atoms with van der Waals surface area (Å²) in [7, 11) is 0. The van der Waals surface area contributed by atoms with Gasteiger partial charge in [-0.2, -0.15) is 5.10 Å². The molecule has 0 radical (unpaired) electrons. The predicted molar refractivity (Wildman–Crippen MR) is 96.6 cm³/mol. The predicted octanol–water partition coefficient (Wildman–Crippen LogP) is 3.83. The molecule has 1 N–H and O–H groups in total. The van der Waals surface area contributed by atoms with E-state index < -0.39 is 5.92 Å². The number of aromatic amines is 1. The largest absolute Gasteiger partial charge is 0.446 e. The van der Waals surface area contributed by atoms with E-state index in [9.17, 15) is 13.6 Å². The maximum atomic E-state index is 13.5. The lowest BCUT2D eigenvalue weighted by Gasteiger charge is -2.33. The number of aryl methyl sites for hydroxylation is 1. The molecule has 3 aromatic heterocycles. The van der Waals surface area contributed by atoms with Crippen molar-refractivity contribution in [3.8, 4) is 0 Å². The second-order valence-corrected chi connectivity index (χ2v) is 7.96. The van der Waals surface area contributed by atoms with Gasteiger partial charge < -0.3 is 9.40 Å². The molecule has 0 unspecified atom stereocenters. The maximum absolute atomic E-state index is 13.5. The van der Waals surface area contributed by atoms with Crippen molar-refractivity contribution in [3.05, 3.63) is 40.2 Å². The van der Waals surface area contributed by atoms with Crippen molar-refractivity contribution in [2.45, 2.75) is 69.2 Å². The van der Waals surface area contributed by atoms with Gasteiger partial charge in [-0.1, -0.05) is 0 Å². The van der Waals surface area contributed by atoms with E-state index in [0.29, 0.717) is 35.6 Å². The zero-order valence-electron chi connectivity index (χ0n) is 15.5. The van der Waals surface area contributed by atoms with Gasteiger partial charge in [0.05, 0.1) is 18.4 Å². The van der Waals surface area contributed by atoms with E-state index in [1.54, 1.807) is 10.9 Å². The summed E-state index contributed by atoms with van der Waals surface area (Å²) in [5, 5.41) is 4.70. The molecule has 0 amide bonds. The fourth-order valence-electron chi connectivity index (χ4n) is 4.33. The number of alkyl halides is 2. The number of halogens is 2. The molecule has 148 valence electrons. The van der Waals surface area contributed by atoms with E-state index in [0.717, 1.165) is 18.6 Å². The van der Waals surface area contributed by atoms with Crippen molar-refractivity contribution in [3.63, 3.8) is 0 Å². The zero-order chi connectivity index (χ0) is 19.5. The van der Waals surface area contributed by atoms with Crippen molar-refractivity contribution in [2.75, 3.05) is 0 Å². The van der Waals surface area contributed by atoms with Crippen LogP contribution in [0, 0.1) is 6.92 Å². The quantitative estimate of drug-likeness (QED) is 0.735. The van der Waals surface area contributed by atoms with Crippen molar-refractivity contribution in [1.29, 1.82) is 0 Å². The van der Waals surface area contributed by atoms with Crippen LogP contribution >= 0.6 is 0 Å². The first kappa shape index (κ1) is 17.5.